The molecule has 1 aromatic carbocycles. The van der Waals surface area contributed by atoms with Gasteiger partial charge >= 0.3 is 0 Å². The number of ketones is 1. The fraction of sp³-hybridized carbons (Fsp3) is 0.368. The molecule has 0 aliphatic heterocycles. The molecule has 0 saturated heterocycles. The van der Waals surface area contributed by atoms with E-state index in [1.54, 1.807) is 6.07 Å². The van der Waals surface area contributed by atoms with Gasteiger partial charge < -0.3 is 0 Å². The molecule has 0 saturated carbocycles. The van der Waals surface area contributed by atoms with Crippen LogP contribution in [0.1, 0.15) is 35.3 Å². The zero-order valence-corrected chi connectivity index (χ0v) is 17.2. The first-order chi connectivity index (χ1) is 12.3. The number of sulfonamides is 1. The number of rotatable bonds is 8. The van der Waals surface area contributed by atoms with Gasteiger partial charge in [0.15, 0.2) is 5.78 Å². The molecule has 0 amide bonds. The highest BCUT2D eigenvalue weighted by Gasteiger charge is 2.18. The van der Waals surface area contributed by atoms with Crippen LogP contribution in [0.15, 0.2) is 46.5 Å². The summed E-state index contributed by atoms with van der Waals surface area (Å²) in [6, 6.07) is 9.22. The predicted molar refractivity (Wildman–Crippen MR) is 105 cm³/mol. The van der Waals surface area contributed by atoms with Gasteiger partial charge in [0.2, 0.25) is 10.0 Å². The number of thioether (sulfide) groups is 1. The van der Waals surface area contributed by atoms with Crippen LogP contribution in [0, 0.1) is 0 Å². The van der Waals surface area contributed by atoms with Gasteiger partial charge in [0, 0.05) is 25.9 Å². The molecule has 2 rings (SSSR count). The maximum Gasteiger partial charge on any atom is 0.244 e. The van der Waals surface area contributed by atoms with Crippen LogP contribution in [0.25, 0.3) is 0 Å². The summed E-state index contributed by atoms with van der Waals surface area (Å²) in [5.41, 5.74) is 2.96. The van der Waals surface area contributed by atoms with Crippen LogP contribution in [0.2, 0.25) is 0 Å². The average molecular weight is 393 g/mol. The van der Waals surface area contributed by atoms with E-state index < -0.39 is 10.0 Å². The smallest absolute Gasteiger partial charge is 0.244 e. The molecule has 2 aromatic rings. The lowest BCUT2D eigenvalue weighted by atomic mass is 9.98. The Labute approximate surface area is 159 Å². The summed E-state index contributed by atoms with van der Waals surface area (Å²) >= 11 is 1.31. The van der Waals surface area contributed by atoms with E-state index in [4.69, 9.17) is 0 Å². The molecule has 5 nitrogen and oxygen atoms in total. The van der Waals surface area contributed by atoms with Gasteiger partial charge in [-0.05, 0) is 42.2 Å². The van der Waals surface area contributed by atoms with E-state index in [1.807, 2.05) is 19.1 Å². The van der Waals surface area contributed by atoms with Crippen LogP contribution < -0.4 is 0 Å². The molecule has 0 radical (unpaired) electrons. The zero-order chi connectivity index (χ0) is 19.3. The van der Waals surface area contributed by atoms with Crippen molar-refractivity contribution in [3.8, 4) is 0 Å². The first-order valence-electron chi connectivity index (χ1n) is 8.46. The first-order valence-corrected chi connectivity index (χ1v) is 10.9. The number of carbonyl (C=O) groups excluding carboxylic acids is 1. The van der Waals surface area contributed by atoms with Crippen molar-refractivity contribution in [3.63, 3.8) is 0 Å². The van der Waals surface area contributed by atoms with Gasteiger partial charge in [-0.2, -0.15) is 0 Å². The van der Waals surface area contributed by atoms with Crippen molar-refractivity contribution in [2.45, 2.75) is 36.6 Å². The minimum Gasteiger partial charge on any atom is -0.293 e. The van der Waals surface area contributed by atoms with Crippen molar-refractivity contribution < 1.29 is 13.2 Å². The van der Waals surface area contributed by atoms with Crippen LogP contribution in [0.3, 0.4) is 0 Å². The molecule has 1 aromatic heterocycles. The molecule has 140 valence electrons. The van der Waals surface area contributed by atoms with E-state index in [0.717, 1.165) is 33.8 Å². The molecule has 0 bridgehead atoms. The SMILES string of the molecule is CCc1ccc(CC)c(C(=O)CSc2ccc(S(=O)(=O)N(C)C)cn2)c1. The van der Waals surface area contributed by atoms with Crippen molar-refractivity contribution in [2.75, 3.05) is 19.8 Å². The highest BCUT2D eigenvalue weighted by Crippen LogP contribution is 2.22. The van der Waals surface area contributed by atoms with Gasteiger partial charge in [-0.3, -0.25) is 4.79 Å². The van der Waals surface area contributed by atoms with Crippen molar-refractivity contribution in [1.82, 2.24) is 9.29 Å². The van der Waals surface area contributed by atoms with Crippen molar-refractivity contribution in [2.24, 2.45) is 0 Å². The van der Waals surface area contributed by atoms with E-state index in [9.17, 15) is 13.2 Å². The minimum atomic E-state index is -3.49. The molecule has 1 heterocycles. The average Bonchev–Trinajstić information content (AvgIpc) is 2.65. The molecule has 7 heteroatoms. The second-order valence-corrected chi connectivity index (χ2v) is 9.18. The van der Waals surface area contributed by atoms with Gasteiger partial charge in [-0.25, -0.2) is 17.7 Å². The third kappa shape index (κ3) is 4.72. The topological polar surface area (TPSA) is 67.3 Å². The minimum absolute atomic E-state index is 0.0638. The Hall–Kier alpha value is -1.70. The summed E-state index contributed by atoms with van der Waals surface area (Å²) < 4.78 is 25.2. The maximum absolute atomic E-state index is 12.6. The lowest BCUT2D eigenvalue weighted by Crippen LogP contribution is -2.22. The van der Waals surface area contributed by atoms with Crippen LogP contribution in [-0.4, -0.2) is 43.3 Å². The fourth-order valence-electron chi connectivity index (χ4n) is 2.44. The number of pyridine rings is 1. The zero-order valence-electron chi connectivity index (χ0n) is 15.5. The number of carbonyl (C=O) groups is 1. The fourth-order valence-corrected chi connectivity index (χ4v) is 4.02. The molecule has 0 N–H and O–H groups in total. The van der Waals surface area contributed by atoms with E-state index >= 15 is 0 Å². The van der Waals surface area contributed by atoms with Gasteiger partial charge in [-0.1, -0.05) is 37.7 Å². The van der Waals surface area contributed by atoms with Crippen molar-refractivity contribution in [1.29, 1.82) is 0 Å². The standard InChI is InChI=1S/C19H24N2O3S2/c1-5-14-7-8-15(6-2)17(11-14)18(22)13-25-19-10-9-16(12-20-19)26(23,24)21(3)4/h7-12H,5-6,13H2,1-4H3. The van der Waals surface area contributed by atoms with E-state index in [1.165, 1.54) is 38.1 Å². The second-order valence-electron chi connectivity index (χ2n) is 6.03. The third-order valence-corrected chi connectivity index (χ3v) is 6.85. The molecular weight excluding hydrogens is 368 g/mol. The number of hydrogen-bond acceptors (Lipinski definition) is 5. The number of nitrogens with zero attached hydrogens (tertiary/aromatic N) is 2. The Morgan fingerprint density at radius 3 is 2.38 bits per heavy atom. The third-order valence-electron chi connectivity index (χ3n) is 4.10. The van der Waals surface area contributed by atoms with E-state index in [-0.39, 0.29) is 16.4 Å². The number of benzene rings is 1. The number of aromatic nitrogens is 1. The lowest BCUT2D eigenvalue weighted by molar-refractivity contribution is 0.102. The molecular formula is C19H24N2O3S2. The number of hydrogen-bond donors (Lipinski definition) is 0. The summed E-state index contributed by atoms with van der Waals surface area (Å²) in [4.78, 5) is 16.9. The van der Waals surface area contributed by atoms with Gasteiger partial charge in [0.05, 0.1) is 10.8 Å². The summed E-state index contributed by atoms with van der Waals surface area (Å²) in [5.74, 6) is 0.335. The largest absolute Gasteiger partial charge is 0.293 e. The lowest BCUT2D eigenvalue weighted by Gasteiger charge is -2.11. The highest BCUT2D eigenvalue weighted by molar-refractivity contribution is 7.99. The van der Waals surface area contributed by atoms with Crippen LogP contribution in [0.5, 0.6) is 0 Å². The van der Waals surface area contributed by atoms with Gasteiger partial charge in [0.1, 0.15) is 4.90 Å². The molecule has 0 unspecified atom stereocenters. The maximum atomic E-state index is 12.6. The molecule has 0 spiro atoms. The van der Waals surface area contributed by atoms with Gasteiger partial charge in [-0.15, -0.1) is 0 Å². The first kappa shape index (κ1) is 20.6. The number of aryl methyl sites for hydroxylation is 2. The number of Topliss-reactive ketones (excluding diaryl/α,β-unsaturated/α-hetero) is 1. The normalized spacial score (nSPS) is 11.7. The quantitative estimate of drug-likeness (QED) is 0.509. The molecule has 0 aliphatic rings. The van der Waals surface area contributed by atoms with Gasteiger partial charge in [0.25, 0.3) is 0 Å². The van der Waals surface area contributed by atoms with Crippen molar-refractivity contribution in [3.05, 3.63) is 53.2 Å². The molecule has 0 fully saturated rings. The van der Waals surface area contributed by atoms with Crippen molar-refractivity contribution >= 4 is 27.6 Å². The summed E-state index contributed by atoms with van der Waals surface area (Å²) in [6.07, 6.45) is 3.03. The Morgan fingerprint density at radius 1 is 1.12 bits per heavy atom. The summed E-state index contributed by atoms with van der Waals surface area (Å²) in [5, 5.41) is 0.626. The Balaban J connectivity index is 2.11. The summed E-state index contributed by atoms with van der Waals surface area (Å²) in [6.45, 7) is 4.10. The molecule has 0 aliphatic carbocycles. The Morgan fingerprint density at radius 2 is 1.85 bits per heavy atom. The Kier molecular flexibility index (Phi) is 6.97. The summed E-state index contributed by atoms with van der Waals surface area (Å²) in [7, 11) is -0.533. The monoisotopic (exact) mass is 392 g/mol. The van der Waals surface area contributed by atoms with E-state index in [0.29, 0.717) is 5.03 Å². The van der Waals surface area contributed by atoms with Crippen LogP contribution >= 0.6 is 11.8 Å². The van der Waals surface area contributed by atoms with E-state index in [2.05, 4.69) is 18.0 Å². The van der Waals surface area contributed by atoms with Crippen LogP contribution in [0.4, 0.5) is 0 Å². The second kappa shape index (κ2) is 8.79. The highest BCUT2D eigenvalue weighted by atomic mass is 32.2. The Bertz CT molecular complexity index is 876. The predicted octanol–water partition coefficient (Wildman–Crippen LogP) is 3.43. The molecule has 0 atom stereocenters. The van der Waals surface area contributed by atoms with Crippen LogP contribution in [-0.2, 0) is 22.9 Å². The molecule has 26 heavy (non-hydrogen) atoms.